The largest absolute Gasteiger partial charge is 0.334 e. The van der Waals surface area contributed by atoms with Gasteiger partial charge in [-0.15, -0.1) is 11.3 Å². The smallest absolute Gasteiger partial charge is 0.254 e. The molecule has 0 radical (unpaired) electrons. The molecule has 0 aliphatic rings. The number of rotatable bonds is 7. The molecule has 2 aromatic rings. The van der Waals surface area contributed by atoms with Crippen molar-refractivity contribution in [2.45, 2.75) is 44.2 Å². The molecular formula is C18H24N2O3S2. The van der Waals surface area contributed by atoms with Crippen molar-refractivity contribution in [2.24, 2.45) is 0 Å². The van der Waals surface area contributed by atoms with Gasteiger partial charge in [0.1, 0.15) is 0 Å². The van der Waals surface area contributed by atoms with Crippen LogP contribution in [-0.2, 0) is 10.0 Å². The van der Waals surface area contributed by atoms with Crippen LogP contribution in [0.25, 0.3) is 0 Å². The summed E-state index contributed by atoms with van der Waals surface area (Å²) in [4.78, 5) is 15.6. The average molecular weight is 381 g/mol. The number of amides is 1. The van der Waals surface area contributed by atoms with Gasteiger partial charge in [0.2, 0.25) is 10.0 Å². The zero-order valence-electron chi connectivity index (χ0n) is 14.9. The van der Waals surface area contributed by atoms with Crippen LogP contribution in [0, 0.1) is 0 Å². The van der Waals surface area contributed by atoms with Gasteiger partial charge in [-0.2, -0.15) is 0 Å². The summed E-state index contributed by atoms with van der Waals surface area (Å²) in [5.74, 6) is -0.139. The molecule has 0 aliphatic carbocycles. The average Bonchev–Trinajstić information content (AvgIpc) is 3.14. The predicted octanol–water partition coefficient (Wildman–Crippen LogP) is 3.66. The second-order valence-electron chi connectivity index (χ2n) is 6.06. The molecule has 1 heterocycles. The Kier molecular flexibility index (Phi) is 6.37. The Balaban J connectivity index is 2.15. The first-order valence-corrected chi connectivity index (χ1v) is 10.6. The van der Waals surface area contributed by atoms with Crippen LogP contribution in [0.4, 0.5) is 0 Å². The molecule has 2 atom stereocenters. The third-order valence-electron chi connectivity index (χ3n) is 4.24. The Labute approximate surface area is 153 Å². The van der Waals surface area contributed by atoms with Crippen LogP contribution in [0.3, 0.4) is 0 Å². The number of nitrogens with one attached hydrogen (secondary N) is 1. The highest BCUT2D eigenvalue weighted by atomic mass is 32.2. The van der Waals surface area contributed by atoms with E-state index < -0.39 is 10.0 Å². The quantitative estimate of drug-likeness (QED) is 0.797. The minimum absolute atomic E-state index is 0.0389. The van der Waals surface area contributed by atoms with Crippen LogP contribution in [0.2, 0.25) is 0 Å². The van der Waals surface area contributed by atoms with E-state index in [1.165, 1.54) is 12.1 Å². The van der Waals surface area contributed by atoms with E-state index in [4.69, 9.17) is 0 Å². The standard InChI is InChI=1S/C18H24N2O3S2/c1-5-13(2)19-25(22,23)16-10-8-15(9-11-16)18(21)20(4)14(3)17-7-6-12-24-17/h6-14,19H,5H2,1-4H3. The summed E-state index contributed by atoms with van der Waals surface area (Å²) in [5, 5.41) is 1.98. The van der Waals surface area contributed by atoms with Gasteiger partial charge in [-0.25, -0.2) is 13.1 Å². The van der Waals surface area contributed by atoms with E-state index in [2.05, 4.69) is 4.72 Å². The van der Waals surface area contributed by atoms with Crippen molar-refractivity contribution in [1.82, 2.24) is 9.62 Å². The Morgan fingerprint density at radius 3 is 2.36 bits per heavy atom. The first-order valence-electron chi connectivity index (χ1n) is 8.19. The van der Waals surface area contributed by atoms with Gasteiger partial charge < -0.3 is 4.90 Å². The predicted molar refractivity (Wildman–Crippen MR) is 101 cm³/mol. The molecule has 5 nitrogen and oxygen atoms in total. The lowest BCUT2D eigenvalue weighted by Gasteiger charge is -2.24. The number of sulfonamides is 1. The lowest BCUT2D eigenvalue weighted by molar-refractivity contribution is 0.0745. The molecule has 1 aromatic carbocycles. The van der Waals surface area contributed by atoms with E-state index in [0.717, 1.165) is 4.88 Å². The lowest BCUT2D eigenvalue weighted by Crippen LogP contribution is -2.32. The van der Waals surface area contributed by atoms with Gasteiger partial charge >= 0.3 is 0 Å². The van der Waals surface area contributed by atoms with E-state index in [-0.39, 0.29) is 22.9 Å². The van der Waals surface area contributed by atoms with E-state index in [9.17, 15) is 13.2 Å². The van der Waals surface area contributed by atoms with Gasteiger partial charge in [0.25, 0.3) is 5.91 Å². The highest BCUT2D eigenvalue weighted by Gasteiger charge is 2.21. The molecule has 1 amide bonds. The van der Waals surface area contributed by atoms with Crippen molar-refractivity contribution >= 4 is 27.3 Å². The zero-order chi connectivity index (χ0) is 18.6. The number of carbonyl (C=O) groups excluding carboxylic acids is 1. The van der Waals surface area contributed by atoms with Gasteiger partial charge in [0.15, 0.2) is 0 Å². The van der Waals surface area contributed by atoms with Gasteiger partial charge in [0.05, 0.1) is 10.9 Å². The van der Waals surface area contributed by atoms with Crippen LogP contribution < -0.4 is 4.72 Å². The minimum Gasteiger partial charge on any atom is -0.334 e. The molecule has 25 heavy (non-hydrogen) atoms. The number of hydrogen-bond acceptors (Lipinski definition) is 4. The number of nitrogens with zero attached hydrogens (tertiary/aromatic N) is 1. The number of benzene rings is 1. The summed E-state index contributed by atoms with van der Waals surface area (Å²) in [6, 6.07) is 9.85. The second kappa shape index (κ2) is 8.12. The molecule has 0 fully saturated rings. The van der Waals surface area contributed by atoms with Crippen molar-refractivity contribution in [3.63, 3.8) is 0 Å². The minimum atomic E-state index is -3.56. The van der Waals surface area contributed by atoms with Crippen molar-refractivity contribution in [3.05, 3.63) is 52.2 Å². The van der Waals surface area contributed by atoms with Crippen molar-refractivity contribution in [1.29, 1.82) is 0 Å². The summed E-state index contributed by atoms with van der Waals surface area (Å²) >= 11 is 1.60. The fourth-order valence-electron chi connectivity index (χ4n) is 2.29. The van der Waals surface area contributed by atoms with Crippen LogP contribution in [0.15, 0.2) is 46.7 Å². The highest BCUT2D eigenvalue weighted by Crippen LogP contribution is 2.25. The van der Waals surface area contributed by atoms with Gasteiger partial charge in [-0.1, -0.05) is 13.0 Å². The second-order valence-corrected chi connectivity index (χ2v) is 8.76. The molecule has 1 N–H and O–H groups in total. The van der Waals surface area contributed by atoms with Crippen molar-refractivity contribution in [2.75, 3.05) is 7.05 Å². The topological polar surface area (TPSA) is 66.5 Å². The van der Waals surface area contributed by atoms with Gasteiger partial charge in [-0.05, 0) is 56.0 Å². The van der Waals surface area contributed by atoms with Crippen LogP contribution in [-0.4, -0.2) is 32.3 Å². The first-order chi connectivity index (χ1) is 11.8. The zero-order valence-corrected chi connectivity index (χ0v) is 16.5. The van der Waals surface area contributed by atoms with E-state index in [0.29, 0.717) is 12.0 Å². The first kappa shape index (κ1) is 19.6. The molecular weight excluding hydrogens is 356 g/mol. The van der Waals surface area contributed by atoms with E-state index >= 15 is 0 Å². The summed E-state index contributed by atoms with van der Waals surface area (Å²) in [5.41, 5.74) is 0.466. The Morgan fingerprint density at radius 1 is 1.20 bits per heavy atom. The van der Waals surface area contributed by atoms with E-state index in [1.807, 2.05) is 38.3 Å². The Bertz CT molecular complexity index is 799. The van der Waals surface area contributed by atoms with E-state index in [1.54, 1.807) is 35.4 Å². The fourth-order valence-corrected chi connectivity index (χ4v) is 4.45. The Hall–Kier alpha value is -1.70. The highest BCUT2D eigenvalue weighted by molar-refractivity contribution is 7.89. The molecule has 0 aliphatic heterocycles. The molecule has 0 saturated heterocycles. The lowest BCUT2D eigenvalue weighted by atomic mass is 10.1. The fraction of sp³-hybridized carbons (Fsp3) is 0.389. The maximum Gasteiger partial charge on any atom is 0.254 e. The summed E-state index contributed by atoms with van der Waals surface area (Å²) in [6.07, 6.45) is 0.710. The summed E-state index contributed by atoms with van der Waals surface area (Å²) in [7, 11) is -1.81. The molecule has 7 heteroatoms. The SMILES string of the molecule is CCC(C)NS(=O)(=O)c1ccc(C(=O)N(C)C(C)c2cccs2)cc1. The molecule has 2 rings (SSSR count). The number of thiophene rings is 1. The molecule has 0 spiro atoms. The third kappa shape index (κ3) is 4.68. The number of hydrogen-bond donors (Lipinski definition) is 1. The molecule has 0 saturated carbocycles. The van der Waals surface area contributed by atoms with Crippen LogP contribution in [0.5, 0.6) is 0 Å². The summed E-state index contributed by atoms with van der Waals surface area (Å²) < 4.78 is 27.2. The maximum absolute atomic E-state index is 12.6. The number of carbonyl (C=O) groups is 1. The molecule has 136 valence electrons. The van der Waals surface area contributed by atoms with Gasteiger partial charge in [0, 0.05) is 23.5 Å². The van der Waals surface area contributed by atoms with Gasteiger partial charge in [-0.3, -0.25) is 4.79 Å². The Morgan fingerprint density at radius 2 is 1.84 bits per heavy atom. The molecule has 1 aromatic heterocycles. The molecule has 2 unspecified atom stereocenters. The van der Waals surface area contributed by atoms with Crippen molar-refractivity contribution in [3.8, 4) is 0 Å². The normalized spacial score (nSPS) is 14.1. The maximum atomic E-state index is 12.6. The van der Waals surface area contributed by atoms with Crippen molar-refractivity contribution < 1.29 is 13.2 Å². The van der Waals surface area contributed by atoms with Crippen LogP contribution in [0.1, 0.15) is 48.5 Å². The summed E-state index contributed by atoms with van der Waals surface area (Å²) in [6.45, 7) is 5.70. The molecule has 0 bridgehead atoms. The third-order valence-corrected chi connectivity index (χ3v) is 6.88. The monoisotopic (exact) mass is 380 g/mol. The van der Waals surface area contributed by atoms with Crippen LogP contribution >= 0.6 is 11.3 Å².